The number of nitrogens with zero attached hydrogens (tertiary/aromatic N) is 2. The highest BCUT2D eigenvalue weighted by Crippen LogP contribution is 2.52. The third-order valence-corrected chi connectivity index (χ3v) is 10.2. The van der Waals surface area contributed by atoms with Crippen molar-refractivity contribution in [1.29, 1.82) is 0 Å². The Morgan fingerprint density at radius 2 is 1.33 bits per heavy atom. The molecular formula is C41H40N2O3. The van der Waals surface area contributed by atoms with E-state index in [1.54, 1.807) is 24.3 Å². The van der Waals surface area contributed by atoms with E-state index in [0.29, 0.717) is 27.8 Å². The van der Waals surface area contributed by atoms with Crippen molar-refractivity contribution in [2.75, 3.05) is 4.90 Å². The fraction of sp³-hybridized carbons (Fsp3) is 0.293. The number of hydrogen-bond acceptors (Lipinski definition) is 4. The standard InChI is InChI=1S/C41H40N2O3/c1-23(2)42-31-19-13-11-17-29(31)40(5,6)33(42)21-27-35(36-38(45)25-15-9-10-16-26(25)39(36)46)28(37(27)44)22-34-41(7,8)30-18-12-14-20-32(30)43(34)24(3)4/h9-24H,1-8H3. The molecule has 0 fully saturated rings. The van der Waals surface area contributed by atoms with Crippen molar-refractivity contribution >= 4 is 34.4 Å². The molecule has 0 unspecified atom stereocenters. The van der Waals surface area contributed by atoms with Gasteiger partial charge >= 0.3 is 0 Å². The zero-order valence-electron chi connectivity index (χ0n) is 27.9. The summed E-state index contributed by atoms with van der Waals surface area (Å²) in [4.78, 5) is 30.7. The molecule has 46 heavy (non-hydrogen) atoms. The van der Waals surface area contributed by atoms with Gasteiger partial charge in [0.25, 0.3) is 0 Å². The number of anilines is 1. The summed E-state index contributed by atoms with van der Waals surface area (Å²) in [5.41, 5.74) is 7.92. The topological polar surface area (TPSA) is 63.4 Å². The first kappa shape index (κ1) is 29.9. The highest BCUT2D eigenvalue weighted by molar-refractivity contribution is 6.33. The minimum Gasteiger partial charge on any atom is -0.872 e. The van der Waals surface area contributed by atoms with E-state index in [1.165, 1.54) is 11.1 Å². The summed E-state index contributed by atoms with van der Waals surface area (Å²) in [6, 6.07) is 23.9. The third-order valence-electron chi connectivity index (χ3n) is 10.2. The molecule has 3 aromatic carbocycles. The van der Waals surface area contributed by atoms with Crippen LogP contribution in [0.1, 0.15) is 82.4 Å². The Kier molecular flexibility index (Phi) is 6.58. The van der Waals surface area contributed by atoms with Crippen LogP contribution in [-0.4, -0.2) is 33.9 Å². The summed E-state index contributed by atoms with van der Waals surface area (Å²) in [7, 11) is 0. The Morgan fingerprint density at radius 1 is 0.717 bits per heavy atom. The number of carbonyl (C=O) groups excluding carboxylic acids is 2. The van der Waals surface area contributed by atoms with Gasteiger partial charge in [-0.15, -0.1) is 0 Å². The Morgan fingerprint density at radius 3 is 1.98 bits per heavy atom. The second kappa shape index (κ2) is 10.1. The van der Waals surface area contributed by atoms with Crippen molar-refractivity contribution in [2.24, 2.45) is 0 Å². The molecule has 0 N–H and O–H groups in total. The second-order valence-electron chi connectivity index (χ2n) is 14.4. The summed E-state index contributed by atoms with van der Waals surface area (Å²) >= 11 is 0. The maximum Gasteiger partial charge on any atom is 0.209 e. The van der Waals surface area contributed by atoms with Gasteiger partial charge < -0.3 is 10.0 Å². The number of benzene rings is 3. The Hall–Kier alpha value is -4.77. The molecule has 0 bridgehead atoms. The average molecular weight is 609 g/mol. The van der Waals surface area contributed by atoms with Crippen molar-refractivity contribution < 1.29 is 19.3 Å². The minimum absolute atomic E-state index is 0.0910. The predicted molar refractivity (Wildman–Crippen MR) is 183 cm³/mol. The highest BCUT2D eigenvalue weighted by atomic mass is 16.3. The lowest BCUT2D eigenvalue weighted by atomic mass is 9.72. The molecule has 2 aliphatic carbocycles. The van der Waals surface area contributed by atoms with Crippen molar-refractivity contribution in [3.63, 3.8) is 0 Å². The van der Waals surface area contributed by atoms with Crippen molar-refractivity contribution in [3.8, 4) is 0 Å². The highest BCUT2D eigenvalue weighted by Gasteiger charge is 2.49. The molecule has 2 aliphatic heterocycles. The summed E-state index contributed by atoms with van der Waals surface area (Å²) in [5, 5.41) is 14.0. The normalized spacial score (nSPS) is 21.3. The molecule has 2 heterocycles. The van der Waals surface area contributed by atoms with E-state index in [-0.39, 0.29) is 35.0 Å². The Balaban J connectivity index is 1.49. The summed E-state index contributed by atoms with van der Waals surface area (Å²) in [6.45, 7) is 17.2. The number of rotatable bonds is 5. The van der Waals surface area contributed by atoms with Gasteiger partial charge in [-0.2, -0.15) is 4.58 Å². The van der Waals surface area contributed by atoms with E-state index in [1.807, 2.05) is 36.4 Å². The Bertz CT molecular complexity index is 2040. The first-order chi connectivity index (χ1) is 21.8. The van der Waals surface area contributed by atoms with Crippen LogP contribution in [0.15, 0.2) is 113 Å². The van der Waals surface area contributed by atoms with Gasteiger partial charge in [-0.3, -0.25) is 9.59 Å². The van der Waals surface area contributed by atoms with Crippen LogP contribution in [0.3, 0.4) is 0 Å². The van der Waals surface area contributed by atoms with Crippen LogP contribution >= 0.6 is 0 Å². The number of allylic oxidation sites excluding steroid dienone is 7. The molecule has 4 aliphatic rings. The second-order valence-corrected chi connectivity index (χ2v) is 14.4. The van der Waals surface area contributed by atoms with Gasteiger partial charge in [0.2, 0.25) is 5.69 Å². The quantitative estimate of drug-likeness (QED) is 0.225. The third kappa shape index (κ3) is 3.97. The molecule has 0 atom stereocenters. The summed E-state index contributed by atoms with van der Waals surface area (Å²) in [6.07, 6.45) is 3.90. The van der Waals surface area contributed by atoms with E-state index in [0.717, 1.165) is 22.8 Å². The Labute approximate surface area is 271 Å². The van der Waals surface area contributed by atoms with E-state index >= 15 is 0 Å². The molecular weight excluding hydrogens is 568 g/mol. The maximum atomic E-state index is 14.5. The molecule has 0 spiro atoms. The monoisotopic (exact) mass is 608 g/mol. The number of carbonyl (C=O) groups is 2. The van der Waals surface area contributed by atoms with Gasteiger partial charge in [0.1, 0.15) is 0 Å². The van der Waals surface area contributed by atoms with Gasteiger partial charge in [-0.05, 0) is 64.8 Å². The molecule has 0 aromatic heterocycles. The molecule has 5 nitrogen and oxygen atoms in total. The lowest BCUT2D eigenvalue weighted by Gasteiger charge is -2.33. The summed E-state index contributed by atoms with van der Waals surface area (Å²) < 4.78 is 2.28. The fourth-order valence-electron chi connectivity index (χ4n) is 7.93. The minimum atomic E-state index is -0.395. The van der Waals surface area contributed by atoms with Crippen LogP contribution in [0.5, 0.6) is 0 Å². The number of hydrogen-bond donors (Lipinski definition) is 0. The first-order valence-electron chi connectivity index (χ1n) is 16.2. The zero-order valence-corrected chi connectivity index (χ0v) is 27.9. The van der Waals surface area contributed by atoms with Gasteiger partial charge in [-0.1, -0.05) is 80.3 Å². The van der Waals surface area contributed by atoms with E-state index in [2.05, 4.69) is 89.1 Å². The average Bonchev–Trinajstić information content (AvgIpc) is 3.51. The molecule has 0 saturated heterocycles. The molecule has 3 aromatic rings. The van der Waals surface area contributed by atoms with Gasteiger partial charge in [0.15, 0.2) is 23.3 Å². The summed E-state index contributed by atoms with van der Waals surface area (Å²) in [5.74, 6) is -0.788. The number of Topliss-reactive ketones (excluding diaryl/α,β-unsaturated/α-hetero) is 2. The van der Waals surface area contributed by atoms with Crippen LogP contribution in [0.2, 0.25) is 0 Å². The SMILES string of the molecule is CC(C)N1/C(=C/C2=C(C3=C([O-])c4ccccc4C3=O)C(=C/C3=[N+](C(C)C)c4ccccc4C3(C)C)/C2=O)C(C)(C)c2ccccc21. The van der Waals surface area contributed by atoms with Crippen LogP contribution in [0, 0.1) is 0 Å². The molecule has 7 rings (SSSR count). The lowest BCUT2D eigenvalue weighted by Crippen LogP contribution is -2.35. The van der Waals surface area contributed by atoms with E-state index in [4.69, 9.17) is 0 Å². The van der Waals surface area contributed by atoms with E-state index in [9.17, 15) is 14.7 Å². The predicted octanol–water partition coefficient (Wildman–Crippen LogP) is 7.33. The van der Waals surface area contributed by atoms with Gasteiger partial charge in [0, 0.05) is 68.4 Å². The van der Waals surface area contributed by atoms with Crippen LogP contribution in [0.25, 0.3) is 5.76 Å². The van der Waals surface area contributed by atoms with Crippen LogP contribution in [-0.2, 0) is 15.6 Å². The van der Waals surface area contributed by atoms with Crippen molar-refractivity contribution in [2.45, 2.75) is 78.3 Å². The van der Waals surface area contributed by atoms with E-state index < -0.39 is 10.8 Å². The molecule has 0 amide bonds. The fourth-order valence-corrected chi connectivity index (χ4v) is 7.93. The van der Waals surface area contributed by atoms with Gasteiger partial charge in [-0.25, -0.2) is 0 Å². The number of fused-ring (bicyclic) bond motifs is 3. The zero-order chi connectivity index (χ0) is 32.9. The molecule has 0 radical (unpaired) electrons. The van der Waals surface area contributed by atoms with Crippen molar-refractivity contribution in [3.05, 3.63) is 135 Å². The molecule has 5 heteroatoms. The van der Waals surface area contributed by atoms with Crippen LogP contribution in [0.4, 0.5) is 11.4 Å². The lowest BCUT2D eigenvalue weighted by molar-refractivity contribution is -0.472. The maximum absolute atomic E-state index is 14.5. The smallest absolute Gasteiger partial charge is 0.209 e. The largest absolute Gasteiger partial charge is 0.872 e. The van der Waals surface area contributed by atoms with Crippen molar-refractivity contribution in [1.82, 2.24) is 0 Å². The molecule has 232 valence electrons. The molecule has 0 saturated carbocycles. The van der Waals surface area contributed by atoms with Crippen LogP contribution < -0.4 is 10.0 Å². The number of ketones is 2. The van der Waals surface area contributed by atoms with Gasteiger partial charge in [0.05, 0.1) is 5.41 Å². The number of para-hydroxylation sites is 2. The first-order valence-corrected chi connectivity index (χ1v) is 16.2.